The summed E-state index contributed by atoms with van der Waals surface area (Å²) in [6.07, 6.45) is 3.16. The highest BCUT2D eigenvalue weighted by molar-refractivity contribution is 5.40. The van der Waals surface area contributed by atoms with Crippen LogP contribution in [0.15, 0.2) is 30.6 Å². The number of hydrogen-bond donors (Lipinski definition) is 1. The van der Waals surface area contributed by atoms with Gasteiger partial charge in [0, 0.05) is 6.20 Å². The van der Waals surface area contributed by atoms with Crippen LogP contribution in [-0.2, 0) is 6.54 Å². The minimum atomic E-state index is -0.483. The van der Waals surface area contributed by atoms with E-state index in [1.165, 1.54) is 12.3 Å². The Morgan fingerprint density at radius 1 is 1.25 bits per heavy atom. The van der Waals surface area contributed by atoms with Crippen LogP contribution in [0.2, 0.25) is 0 Å². The monoisotopic (exact) mass is 218 g/mol. The second-order valence-corrected chi connectivity index (χ2v) is 3.32. The van der Waals surface area contributed by atoms with Gasteiger partial charge >= 0.3 is 0 Å². The molecule has 2 rings (SSSR count). The van der Waals surface area contributed by atoms with Crippen molar-refractivity contribution in [1.29, 1.82) is 0 Å². The van der Waals surface area contributed by atoms with Gasteiger partial charge in [0.15, 0.2) is 0 Å². The van der Waals surface area contributed by atoms with Gasteiger partial charge in [-0.15, -0.1) is 0 Å². The van der Waals surface area contributed by atoms with Gasteiger partial charge in [-0.1, -0.05) is 0 Å². The van der Waals surface area contributed by atoms with Gasteiger partial charge in [0.05, 0.1) is 24.1 Å². The molecule has 0 aliphatic heterocycles. The van der Waals surface area contributed by atoms with Gasteiger partial charge in [-0.2, -0.15) is 4.39 Å². The number of aromatic nitrogens is 3. The van der Waals surface area contributed by atoms with Crippen molar-refractivity contribution in [3.8, 4) is 0 Å². The first-order valence-electron chi connectivity index (χ1n) is 4.88. The zero-order valence-corrected chi connectivity index (χ0v) is 8.81. The number of nitrogens with zero attached hydrogens (tertiary/aromatic N) is 3. The lowest BCUT2D eigenvalue weighted by Crippen LogP contribution is -2.03. The summed E-state index contributed by atoms with van der Waals surface area (Å²) in [4.78, 5) is 11.8. The van der Waals surface area contributed by atoms with Crippen LogP contribution < -0.4 is 5.32 Å². The summed E-state index contributed by atoms with van der Waals surface area (Å²) in [5.74, 6) is 0.250. The van der Waals surface area contributed by atoms with Crippen LogP contribution in [-0.4, -0.2) is 15.0 Å². The number of pyridine rings is 1. The van der Waals surface area contributed by atoms with Gasteiger partial charge < -0.3 is 5.32 Å². The molecule has 0 atom stereocenters. The van der Waals surface area contributed by atoms with Crippen LogP contribution in [0.25, 0.3) is 0 Å². The molecule has 0 aliphatic rings. The Kier molecular flexibility index (Phi) is 3.05. The van der Waals surface area contributed by atoms with E-state index in [-0.39, 0.29) is 0 Å². The molecule has 82 valence electrons. The topological polar surface area (TPSA) is 50.7 Å². The van der Waals surface area contributed by atoms with Crippen LogP contribution in [0.3, 0.4) is 0 Å². The van der Waals surface area contributed by atoms with Crippen LogP contribution >= 0.6 is 0 Å². The lowest BCUT2D eigenvalue weighted by molar-refractivity contribution is 0.584. The van der Waals surface area contributed by atoms with E-state index >= 15 is 0 Å². The summed E-state index contributed by atoms with van der Waals surface area (Å²) in [5, 5.41) is 3.10. The third-order valence-electron chi connectivity index (χ3n) is 2.03. The third-order valence-corrected chi connectivity index (χ3v) is 2.03. The first kappa shape index (κ1) is 10.5. The fourth-order valence-corrected chi connectivity index (χ4v) is 1.28. The van der Waals surface area contributed by atoms with Gasteiger partial charge in [0.2, 0.25) is 5.95 Å². The van der Waals surface area contributed by atoms with E-state index in [0.29, 0.717) is 6.54 Å². The molecule has 2 aromatic rings. The lowest BCUT2D eigenvalue weighted by Gasteiger charge is -2.05. The molecule has 0 spiro atoms. The molecule has 1 N–H and O–H groups in total. The van der Waals surface area contributed by atoms with Crippen molar-refractivity contribution in [2.45, 2.75) is 13.5 Å². The highest BCUT2D eigenvalue weighted by Crippen LogP contribution is 2.06. The molecule has 2 heterocycles. The maximum absolute atomic E-state index is 12.5. The molecule has 0 saturated carbocycles. The van der Waals surface area contributed by atoms with Gasteiger partial charge in [0.1, 0.15) is 5.82 Å². The number of nitrogens with one attached hydrogen (secondary N) is 1. The Hall–Kier alpha value is -2.04. The minimum Gasteiger partial charge on any atom is -0.378 e. The van der Waals surface area contributed by atoms with Gasteiger partial charge in [-0.3, -0.25) is 0 Å². The molecule has 4 nitrogen and oxygen atoms in total. The van der Waals surface area contributed by atoms with E-state index in [1.807, 2.05) is 13.0 Å². The van der Waals surface area contributed by atoms with Crippen molar-refractivity contribution in [2.75, 3.05) is 5.32 Å². The number of rotatable bonds is 3. The predicted molar refractivity (Wildman–Crippen MR) is 58.3 cm³/mol. The van der Waals surface area contributed by atoms with Gasteiger partial charge in [0.25, 0.3) is 0 Å². The average molecular weight is 218 g/mol. The fourth-order valence-electron chi connectivity index (χ4n) is 1.28. The molecule has 0 saturated heterocycles. The van der Waals surface area contributed by atoms with E-state index in [0.717, 1.165) is 17.2 Å². The van der Waals surface area contributed by atoms with Crippen molar-refractivity contribution >= 4 is 5.69 Å². The van der Waals surface area contributed by atoms with E-state index in [2.05, 4.69) is 20.3 Å². The van der Waals surface area contributed by atoms with Crippen LogP contribution in [0, 0.1) is 12.9 Å². The minimum absolute atomic E-state index is 0.483. The molecule has 0 radical (unpaired) electrons. The summed E-state index contributed by atoms with van der Waals surface area (Å²) in [6.45, 7) is 2.40. The summed E-state index contributed by atoms with van der Waals surface area (Å²) in [6, 6.07) is 4.78. The van der Waals surface area contributed by atoms with Crippen molar-refractivity contribution < 1.29 is 4.39 Å². The highest BCUT2D eigenvalue weighted by atomic mass is 19.1. The molecule has 0 aliphatic carbocycles. The van der Waals surface area contributed by atoms with Crippen molar-refractivity contribution in [1.82, 2.24) is 15.0 Å². The molecule has 0 amide bonds. The number of anilines is 1. The molecular formula is C11H11FN4. The lowest BCUT2D eigenvalue weighted by atomic mass is 10.3. The zero-order chi connectivity index (χ0) is 11.4. The molecule has 0 aromatic carbocycles. The normalized spacial score (nSPS) is 10.1. The summed E-state index contributed by atoms with van der Waals surface area (Å²) >= 11 is 0. The Balaban J connectivity index is 1.99. The fraction of sp³-hybridized carbons (Fsp3) is 0.182. The molecule has 2 aromatic heterocycles. The largest absolute Gasteiger partial charge is 0.378 e. The maximum Gasteiger partial charge on any atom is 0.212 e. The van der Waals surface area contributed by atoms with Gasteiger partial charge in [-0.25, -0.2) is 15.0 Å². The van der Waals surface area contributed by atoms with Crippen LogP contribution in [0.4, 0.5) is 10.1 Å². The quantitative estimate of drug-likeness (QED) is 0.800. The Bertz CT molecular complexity index is 470. The van der Waals surface area contributed by atoms with Crippen molar-refractivity contribution in [3.63, 3.8) is 0 Å². The first-order valence-corrected chi connectivity index (χ1v) is 4.88. The van der Waals surface area contributed by atoms with Gasteiger partial charge in [-0.05, 0) is 25.1 Å². The zero-order valence-electron chi connectivity index (χ0n) is 8.81. The molecular weight excluding hydrogens is 207 g/mol. The SMILES string of the molecule is Cc1nccc(CNc2ccc(F)nc2)n1. The van der Waals surface area contributed by atoms with E-state index in [4.69, 9.17) is 0 Å². The number of halogens is 1. The third kappa shape index (κ3) is 2.73. The number of hydrogen-bond acceptors (Lipinski definition) is 4. The van der Waals surface area contributed by atoms with Crippen LogP contribution in [0.1, 0.15) is 11.5 Å². The Labute approximate surface area is 92.6 Å². The summed E-state index contributed by atoms with van der Waals surface area (Å²) in [5.41, 5.74) is 1.65. The maximum atomic E-state index is 12.5. The average Bonchev–Trinajstić information content (AvgIpc) is 2.28. The Morgan fingerprint density at radius 3 is 2.81 bits per heavy atom. The Morgan fingerprint density at radius 2 is 2.12 bits per heavy atom. The molecule has 0 unspecified atom stereocenters. The number of aryl methyl sites for hydroxylation is 1. The smallest absolute Gasteiger partial charge is 0.212 e. The highest BCUT2D eigenvalue weighted by Gasteiger charge is 1.97. The second kappa shape index (κ2) is 4.65. The molecule has 5 heteroatoms. The summed E-state index contributed by atoms with van der Waals surface area (Å²) < 4.78 is 12.5. The first-order chi connectivity index (χ1) is 7.74. The summed E-state index contributed by atoms with van der Waals surface area (Å²) in [7, 11) is 0. The molecule has 16 heavy (non-hydrogen) atoms. The van der Waals surface area contributed by atoms with Crippen molar-refractivity contribution in [3.05, 3.63) is 48.1 Å². The van der Waals surface area contributed by atoms with Crippen molar-refractivity contribution in [2.24, 2.45) is 0 Å². The standard InChI is InChI=1S/C11H11FN4/c1-8-13-5-4-10(16-8)7-14-9-2-3-11(12)15-6-9/h2-6,14H,7H2,1H3. The second-order valence-electron chi connectivity index (χ2n) is 3.32. The van der Waals surface area contributed by atoms with E-state index in [1.54, 1.807) is 12.3 Å². The predicted octanol–water partition coefficient (Wildman–Crippen LogP) is 1.93. The van der Waals surface area contributed by atoms with E-state index < -0.39 is 5.95 Å². The van der Waals surface area contributed by atoms with E-state index in [9.17, 15) is 4.39 Å². The molecule has 0 bridgehead atoms. The molecule has 0 fully saturated rings. The van der Waals surface area contributed by atoms with Crippen LogP contribution in [0.5, 0.6) is 0 Å².